The first-order valence-corrected chi connectivity index (χ1v) is 6.69. The molecule has 2 N–H and O–H groups in total. The molecule has 1 aliphatic rings. The second kappa shape index (κ2) is 4.92. The van der Waals surface area contributed by atoms with Gasteiger partial charge in [0.1, 0.15) is 5.82 Å². The van der Waals surface area contributed by atoms with Gasteiger partial charge in [-0.05, 0) is 12.3 Å². The van der Waals surface area contributed by atoms with Crippen LogP contribution in [0, 0.1) is 5.92 Å². The van der Waals surface area contributed by atoms with E-state index in [-0.39, 0.29) is 29.2 Å². The van der Waals surface area contributed by atoms with E-state index in [0.717, 1.165) is 0 Å². The first-order chi connectivity index (χ1) is 8.79. The molecule has 2 unspecified atom stereocenters. The number of carbonyl (C=O) groups excluding carboxylic acids is 1. The highest BCUT2D eigenvalue weighted by atomic mass is 16.3. The monoisotopic (exact) mass is 266 g/mol. The van der Waals surface area contributed by atoms with E-state index in [4.69, 9.17) is 0 Å². The van der Waals surface area contributed by atoms with Crippen molar-refractivity contribution in [2.24, 2.45) is 5.92 Å². The van der Waals surface area contributed by atoms with E-state index in [1.165, 1.54) is 0 Å². The molecular formula is C13H22N4O2. The molecule has 2 heterocycles. The Hall–Kier alpha value is -1.43. The van der Waals surface area contributed by atoms with Gasteiger partial charge in [0, 0.05) is 18.5 Å². The van der Waals surface area contributed by atoms with Gasteiger partial charge in [0.05, 0.1) is 6.10 Å². The number of hydrogen-bond donors (Lipinski definition) is 2. The summed E-state index contributed by atoms with van der Waals surface area (Å²) in [4.78, 5) is 18.3. The van der Waals surface area contributed by atoms with Crippen molar-refractivity contribution in [1.29, 1.82) is 0 Å². The minimum Gasteiger partial charge on any atom is -0.393 e. The number of carbonyl (C=O) groups is 1. The molecule has 19 heavy (non-hydrogen) atoms. The van der Waals surface area contributed by atoms with E-state index in [9.17, 15) is 9.90 Å². The van der Waals surface area contributed by atoms with E-state index >= 15 is 0 Å². The number of rotatable bonds is 1. The minimum absolute atomic E-state index is 0.0960. The van der Waals surface area contributed by atoms with Crippen molar-refractivity contribution in [2.75, 3.05) is 13.1 Å². The van der Waals surface area contributed by atoms with Gasteiger partial charge >= 0.3 is 0 Å². The summed E-state index contributed by atoms with van der Waals surface area (Å²) in [6.07, 6.45) is 0.296. The Labute approximate surface area is 113 Å². The molecule has 106 valence electrons. The van der Waals surface area contributed by atoms with Gasteiger partial charge in [-0.15, -0.1) is 5.10 Å². The summed E-state index contributed by atoms with van der Waals surface area (Å²) in [6, 6.07) is 0. The number of nitrogens with one attached hydrogen (secondary N) is 1. The van der Waals surface area contributed by atoms with Crippen LogP contribution in [0.3, 0.4) is 0 Å². The molecule has 1 aromatic rings. The Bertz CT molecular complexity index is 463. The van der Waals surface area contributed by atoms with Gasteiger partial charge in [0.2, 0.25) is 5.82 Å². The number of aromatic amines is 1. The second-order valence-corrected chi connectivity index (χ2v) is 6.34. The highest BCUT2D eigenvalue weighted by Gasteiger charge is 2.30. The summed E-state index contributed by atoms with van der Waals surface area (Å²) < 4.78 is 0. The lowest BCUT2D eigenvalue weighted by atomic mass is 9.96. The van der Waals surface area contributed by atoms with Gasteiger partial charge in [0.15, 0.2) is 0 Å². The molecule has 0 aromatic carbocycles. The van der Waals surface area contributed by atoms with Gasteiger partial charge in [-0.1, -0.05) is 27.7 Å². The normalized spacial score (nSPS) is 24.6. The van der Waals surface area contributed by atoms with Crippen molar-refractivity contribution in [1.82, 2.24) is 20.1 Å². The number of aliphatic hydroxyl groups excluding tert-OH is 1. The topological polar surface area (TPSA) is 82.1 Å². The molecule has 1 aromatic heterocycles. The summed E-state index contributed by atoms with van der Waals surface area (Å²) in [7, 11) is 0. The molecule has 1 saturated heterocycles. The largest absolute Gasteiger partial charge is 0.393 e. The first kappa shape index (κ1) is 14.0. The third-order valence-corrected chi connectivity index (χ3v) is 3.53. The Morgan fingerprint density at radius 3 is 2.68 bits per heavy atom. The molecule has 6 nitrogen and oxygen atoms in total. The van der Waals surface area contributed by atoms with E-state index in [1.807, 2.05) is 27.7 Å². The third-order valence-electron chi connectivity index (χ3n) is 3.53. The SMILES string of the molecule is CC1CN(C(=O)c2n[nH]c(C(C)(C)C)n2)CCC1O. The number of H-pyrrole nitrogens is 1. The maximum atomic E-state index is 12.3. The highest BCUT2D eigenvalue weighted by Crippen LogP contribution is 2.20. The zero-order valence-corrected chi connectivity index (χ0v) is 12.0. The van der Waals surface area contributed by atoms with Crippen molar-refractivity contribution in [3.63, 3.8) is 0 Å². The Morgan fingerprint density at radius 1 is 1.47 bits per heavy atom. The maximum absolute atomic E-state index is 12.3. The lowest BCUT2D eigenvalue weighted by molar-refractivity contribution is 0.0290. The van der Waals surface area contributed by atoms with Crippen LogP contribution in [0.25, 0.3) is 0 Å². The molecule has 0 radical (unpaired) electrons. The van der Waals surface area contributed by atoms with Crippen LogP contribution in [0.4, 0.5) is 0 Å². The first-order valence-electron chi connectivity index (χ1n) is 6.69. The molecule has 0 aliphatic carbocycles. The van der Waals surface area contributed by atoms with Crippen LogP contribution in [0.1, 0.15) is 50.6 Å². The van der Waals surface area contributed by atoms with Gasteiger partial charge < -0.3 is 10.0 Å². The lowest BCUT2D eigenvalue weighted by Gasteiger charge is -2.33. The van der Waals surface area contributed by atoms with Crippen molar-refractivity contribution in [2.45, 2.75) is 45.6 Å². The summed E-state index contributed by atoms with van der Waals surface area (Å²) in [5.74, 6) is 0.860. The molecular weight excluding hydrogens is 244 g/mol. The van der Waals surface area contributed by atoms with Crippen molar-refractivity contribution < 1.29 is 9.90 Å². The van der Waals surface area contributed by atoms with Crippen molar-refractivity contribution >= 4 is 5.91 Å². The summed E-state index contributed by atoms with van der Waals surface area (Å²) in [5.41, 5.74) is -0.156. The van der Waals surface area contributed by atoms with Crippen LogP contribution in [0.2, 0.25) is 0 Å². The van der Waals surface area contributed by atoms with Crippen LogP contribution in [-0.4, -0.2) is 50.3 Å². The molecule has 2 atom stereocenters. The number of aliphatic hydroxyl groups is 1. The number of aromatic nitrogens is 3. The fourth-order valence-corrected chi connectivity index (χ4v) is 2.15. The van der Waals surface area contributed by atoms with Gasteiger partial charge in [-0.25, -0.2) is 4.98 Å². The quantitative estimate of drug-likeness (QED) is 0.792. The molecule has 0 spiro atoms. The Kier molecular flexibility index (Phi) is 3.62. The zero-order chi connectivity index (χ0) is 14.2. The average Bonchev–Trinajstić information content (AvgIpc) is 2.81. The van der Waals surface area contributed by atoms with E-state index in [1.54, 1.807) is 4.90 Å². The van der Waals surface area contributed by atoms with E-state index < -0.39 is 0 Å². The summed E-state index contributed by atoms with van der Waals surface area (Å²) in [6.45, 7) is 9.11. The van der Waals surface area contributed by atoms with Crippen LogP contribution >= 0.6 is 0 Å². The maximum Gasteiger partial charge on any atom is 0.293 e. The Morgan fingerprint density at radius 2 is 2.16 bits per heavy atom. The molecule has 6 heteroatoms. The average molecular weight is 266 g/mol. The molecule has 0 bridgehead atoms. The zero-order valence-electron chi connectivity index (χ0n) is 12.0. The second-order valence-electron chi connectivity index (χ2n) is 6.34. The van der Waals surface area contributed by atoms with Gasteiger partial charge in [-0.3, -0.25) is 9.89 Å². The van der Waals surface area contributed by atoms with Gasteiger partial charge in [0.25, 0.3) is 5.91 Å². The molecule has 1 aliphatic heterocycles. The number of piperidine rings is 1. The highest BCUT2D eigenvalue weighted by molar-refractivity contribution is 5.90. The smallest absolute Gasteiger partial charge is 0.293 e. The molecule has 1 fully saturated rings. The van der Waals surface area contributed by atoms with E-state index in [2.05, 4.69) is 15.2 Å². The van der Waals surface area contributed by atoms with Crippen LogP contribution < -0.4 is 0 Å². The Balaban J connectivity index is 2.10. The third kappa shape index (κ3) is 2.94. The molecule has 0 saturated carbocycles. The van der Waals surface area contributed by atoms with Crippen LogP contribution in [0.5, 0.6) is 0 Å². The summed E-state index contributed by atoms with van der Waals surface area (Å²) >= 11 is 0. The minimum atomic E-state index is -0.318. The summed E-state index contributed by atoms with van der Waals surface area (Å²) in [5, 5.41) is 16.5. The standard InChI is InChI=1S/C13H22N4O2/c1-8-7-17(6-5-9(8)18)11(19)10-14-12(16-15-10)13(2,3)4/h8-9,18H,5-7H2,1-4H3,(H,14,15,16). The lowest BCUT2D eigenvalue weighted by Crippen LogP contribution is -2.45. The number of nitrogens with zero attached hydrogens (tertiary/aromatic N) is 3. The fraction of sp³-hybridized carbons (Fsp3) is 0.769. The van der Waals surface area contributed by atoms with Gasteiger partial charge in [-0.2, -0.15) is 0 Å². The van der Waals surface area contributed by atoms with E-state index in [0.29, 0.717) is 25.3 Å². The van der Waals surface area contributed by atoms with Crippen LogP contribution in [0.15, 0.2) is 0 Å². The predicted molar refractivity (Wildman–Crippen MR) is 70.8 cm³/mol. The van der Waals surface area contributed by atoms with Crippen LogP contribution in [-0.2, 0) is 5.41 Å². The number of hydrogen-bond acceptors (Lipinski definition) is 4. The van der Waals surface area contributed by atoms with Crippen molar-refractivity contribution in [3.05, 3.63) is 11.6 Å². The molecule has 1 amide bonds. The van der Waals surface area contributed by atoms with Crippen molar-refractivity contribution in [3.8, 4) is 0 Å². The number of likely N-dealkylation sites (tertiary alicyclic amines) is 1. The predicted octanol–water partition coefficient (Wildman–Crippen LogP) is 0.945. The fourth-order valence-electron chi connectivity index (χ4n) is 2.15. The number of amides is 1. The molecule has 2 rings (SSSR count).